The van der Waals surface area contributed by atoms with Gasteiger partial charge in [0.1, 0.15) is 0 Å². The molecule has 6 nitrogen and oxygen atoms in total. The number of hydrogen-bond acceptors (Lipinski definition) is 4. The predicted octanol–water partition coefficient (Wildman–Crippen LogP) is 2.97. The van der Waals surface area contributed by atoms with Crippen molar-refractivity contribution < 1.29 is 29.3 Å². The van der Waals surface area contributed by atoms with Crippen LogP contribution in [0.1, 0.15) is 46.0 Å². The molecule has 0 bridgehead atoms. The number of carboxylic acid groups (broad SMARTS) is 2. The number of aliphatic carboxylic acids is 2. The van der Waals surface area contributed by atoms with Gasteiger partial charge in [-0.2, -0.15) is 0 Å². The standard InChI is InChI=1S/C19H28O6Si/c1-3-24-15-10-8-11-16(18(15)25-4-2)26-12-7-5-6-9-14(19(22)23)13-17(20)21/h8,10-11,14H,3-7,9,12-13H2,1-2H3,(H,20,21)(H,22,23). The van der Waals surface area contributed by atoms with Crippen LogP contribution in [0.5, 0.6) is 11.5 Å². The molecule has 2 N–H and O–H groups in total. The summed E-state index contributed by atoms with van der Waals surface area (Å²) < 4.78 is 11.4. The van der Waals surface area contributed by atoms with Gasteiger partial charge in [0, 0.05) is 0 Å². The van der Waals surface area contributed by atoms with Crippen molar-refractivity contribution in [2.75, 3.05) is 13.2 Å². The molecule has 7 heteroatoms. The van der Waals surface area contributed by atoms with Gasteiger partial charge in [0.05, 0.1) is 35.1 Å². The third kappa shape index (κ3) is 7.90. The molecule has 0 heterocycles. The topological polar surface area (TPSA) is 93.1 Å². The lowest BCUT2D eigenvalue weighted by Crippen LogP contribution is -2.19. The summed E-state index contributed by atoms with van der Waals surface area (Å²) in [4.78, 5) is 21.7. The lowest BCUT2D eigenvalue weighted by atomic mass is 9.98. The first-order valence-electron chi connectivity index (χ1n) is 9.06. The van der Waals surface area contributed by atoms with Gasteiger partial charge in [0.15, 0.2) is 11.5 Å². The normalized spacial score (nSPS) is 11.8. The van der Waals surface area contributed by atoms with Crippen LogP contribution in [-0.2, 0) is 9.59 Å². The first kappa shape index (κ1) is 22.0. The van der Waals surface area contributed by atoms with Gasteiger partial charge in [0.25, 0.3) is 0 Å². The maximum Gasteiger partial charge on any atom is 0.307 e. The molecular formula is C19H28O6Si. The van der Waals surface area contributed by atoms with Crippen LogP contribution < -0.4 is 14.7 Å². The van der Waals surface area contributed by atoms with E-state index in [2.05, 4.69) is 6.07 Å². The monoisotopic (exact) mass is 380 g/mol. The average Bonchev–Trinajstić information content (AvgIpc) is 2.59. The number of carboxylic acids is 2. The highest BCUT2D eigenvalue weighted by Gasteiger charge is 2.20. The van der Waals surface area contributed by atoms with Crippen LogP contribution in [0.4, 0.5) is 0 Å². The van der Waals surface area contributed by atoms with E-state index in [1.54, 1.807) is 0 Å². The second-order valence-corrected chi connectivity index (χ2v) is 7.30. The molecule has 0 aliphatic carbocycles. The summed E-state index contributed by atoms with van der Waals surface area (Å²) in [7, 11) is 0.596. The highest BCUT2D eigenvalue weighted by molar-refractivity contribution is 6.54. The Kier molecular flexibility index (Phi) is 10.5. The van der Waals surface area contributed by atoms with Gasteiger partial charge >= 0.3 is 11.9 Å². The number of benzene rings is 1. The first-order chi connectivity index (χ1) is 12.5. The molecule has 0 aliphatic rings. The zero-order chi connectivity index (χ0) is 19.4. The van der Waals surface area contributed by atoms with E-state index in [-0.39, 0.29) is 6.42 Å². The zero-order valence-electron chi connectivity index (χ0n) is 15.5. The first-order valence-corrected chi connectivity index (χ1v) is 10.3. The van der Waals surface area contributed by atoms with Gasteiger partial charge in [-0.3, -0.25) is 9.59 Å². The Morgan fingerprint density at radius 2 is 1.81 bits per heavy atom. The van der Waals surface area contributed by atoms with E-state index in [1.165, 1.54) is 0 Å². The van der Waals surface area contributed by atoms with E-state index in [9.17, 15) is 9.59 Å². The Morgan fingerprint density at radius 1 is 1.08 bits per heavy atom. The van der Waals surface area contributed by atoms with E-state index in [0.29, 0.717) is 29.2 Å². The predicted molar refractivity (Wildman–Crippen MR) is 101 cm³/mol. The molecule has 26 heavy (non-hydrogen) atoms. The van der Waals surface area contributed by atoms with Crippen molar-refractivity contribution >= 4 is 26.6 Å². The molecule has 144 valence electrons. The largest absolute Gasteiger partial charge is 0.490 e. The maximum absolute atomic E-state index is 11.0. The van der Waals surface area contributed by atoms with E-state index in [1.807, 2.05) is 26.0 Å². The molecule has 0 spiro atoms. The number of unbranched alkanes of at least 4 members (excludes halogenated alkanes) is 2. The van der Waals surface area contributed by atoms with E-state index >= 15 is 0 Å². The molecule has 0 aromatic heterocycles. The molecule has 0 saturated carbocycles. The Morgan fingerprint density at radius 3 is 2.42 bits per heavy atom. The van der Waals surface area contributed by atoms with E-state index < -0.39 is 17.9 Å². The smallest absolute Gasteiger partial charge is 0.307 e. The van der Waals surface area contributed by atoms with E-state index in [0.717, 1.165) is 42.0 Å². The molecule has 1 unspecified atom stereocenters. The van der Waals surface area contributed by atoms with Crippen molar-refractivity contribution in [3.63, 3.8) is 0 Å². The number of para-hydroxylation sites is 1. The average molecular weight is 381 g/mol. The summed E-state index contributed by atoms with van der Waals surface area (Å²) in [5, 5.41) is 18.9. The van der Waals surface area contributed by atoms with Crippen LogP contribution in [-0.4, -0.2) is 44.9 Å². The molecule has 1 rings (SSSR count). The molecule has 1 aromatic rings. The summed E-state index contributed by atoms with van der Waals surface area (Å²) in [6.07, 6.45) is 2.70. The van der Waals surface area contributed by atoms with Gasteiger partial charge < -0.3 is 19.7 Å². The highest BCUT2D eigenvalue weighted by atomic mass is 28.2. The van der Waals surface area contributed by atoms with Crippen molar-refractivity contribution in [2.24, 2.45) is 5.92 Å². The molecule has 1 aromatic carbocycles. The van der Waals surface area contributed by atoms with Crippen molar-refractivity contribution in [1.82, 2.24) is 0 Å². The van der Waals surface area contributed by atoms with E-state index in [4.69, 9.17) is 19.7 Å². The minimum absolute atomic E-state index is 0.307. The SMILES string of the molecule is CCOc1cccc([Si]CCCCCC(CC(=O)O)C(=O)O)c1OCC. The fraction of sp³-hybridized carbons (Fsp3) is 0.579. The number of rotatable bonds is 14. The molecular weight excluding hydrogens is 352 g/mol. The van der Waals surface area contributed by atoms with Crippen molar-refractivity contribution in [3.8, 4) is 11.5 Å². The molecule has 0 fully saturated rings. The van der Waals surface area contributed by atoms with Gasteiger partial charge in [-0.15, -0.1) is 0 Å². The van der Waals surface area contributed by atoms with Crippen LogP contribution in [0, 0.1) is 5.92 Å². The molecule has 1 atom stereocenters. The minimum Gasteiger partial charge on any atom is -0.490 e. The lowest BCUT2D eigenvalue weighted by Gasteiger charge is -2.15. The van der Waals surface area contributed by atoms with Crippen molar-refractivity contribution in [1.29, 1.82) is 0 Å². The quantitative estimate of drug-likeness (QED) is 0.381. The van der Waals surface area contributed by atoms with Gasteiger partial charge in [-0.05, 0) is 31.5 Å². The number of hydrogen-bond donors (Lipinski definition) is 2. The molecule has 0 saturated heterocycles. The summed E-state index contributed by atoms with van der Waals surface area (Å²) in [6, 6.07) is 6.93. The van der Waals surface area contributed by atoms with Crippen molar-refractivity contribution in [2.45, 2.75) is 52.0 Å². The fourth-order valence-corrected chi connectivity index (χ4v) is 3.92. The molecule has 2 radical (unpaired) electrons. The van der Waals surface area contributed by atoms with Gasteiger partial charge in [-0.25, -0.2) is 0 Å². The highest BCUT2D eigenvalue weighted by Crippen LogP contribution is 2.25. The maximum atomic E-state index is 11.0. The van der Waals surface area contributed by atoms with Gasteiger partial charge in [-0.1, -0.05) is 37.4 Å². The summed E-state index contributed by atoms with van der Waals surface area (Å²) >= 11 is 0. The second kappa shape index (κ2) is 12.3. The molecule has 0 amide bonds. The fourth-order valence-electron chi connectivity index (χ4n) is 2.66. The number of ether oxygens (including phenoxy) is 2. The Bertz CT molecular complexity index is 575. The van der Waals surface area contributed by atoms with Crippen LogP contribution >= 0.6 is 0 Å². The van der Waals surface area contributed by atoms with Gasteiger partial charge in [0.2, 0.25) is 0 Å². The summed E-state index contributed by atoms with van der Waals surface area (Å²) in [6.45, 7) is 5.07. The summed E-state index contributed by atoms with van der Waals surface area (Å²) in [5.41, 5.74) is 0. The Labute approximate surface area is 157 Å². The van der Waals surface area contributed by atoms with Crippen molar-refractivity contribution in [3.05, 3.63) is 18.2 Å². The van der Waals surface area contributed by atoms with Crippen LogP contribution in [0.15, 0.2) is 18.2 Å². The Hall–Kier alpha value is -2.02. The lowest BCUT2D eigenvalue weighted by molar-refractivity contribution is -0.148. The Balaban J connectivity index is 2.42. The van der Waals surface area contributed by atoms with Crippen LogP contribution in [0.25, 0.3) is 0 Å². The zero-order valence-corrected chi connectivity index (χ0v) is 16.5. The third-order valence-electron chi connectivity index (χ3n) is 3.88. The third-order valence-corrected chi connectivity index (χ3v) is 5.26. The summed E-state index contributed by atoms with van der Waals surface area (Å²) in [5.74, 6) is -1.28. The van der Waals surface area contributed by atoms with Crippen LogP contribution in [0.2, 0.25) is 6.04 Å². The van der Waals surface area contributed by atoms with Crippen LogP contribution in [0.3, 0.4) is 0 Å². The minimum atomic E-state index is -1.06. The number of carbonyl (C=O) groups is 2. The second-order valence-electron chi connectivity index (χ2n) is 5.91. The molecule has 0 aliphatic heterocycles.